The number of benzene rings is 2. The van der Waals surface area contributed by atoms with Crippen molar-refractivity contribution in [2.75, 3.05) is 24.2 Å². The van der Waals surface area contributed by atoms with Gasteiger partial charge in [0.2, 0.25) is 0 Å². The van der Waals surface area contributed by atoms with Gasteiger partial charge < -0.3 is 15.5 Å². The number of carbonyl (C=O) groups excluding carboxylic acids is 2. The van der Waals surface area contributed by atoms with Gasteiger partial charge >= 0.3 is 0 Å². The quantitative estimate of drug-likeness (QED) is 0.733. The topological polar surface area (TPSA) is 62.6 Å². The van der Waals surface area contributed by atoms with Crippen LogP contribution < -0.4 is 15.5 Å². The fourth-order valence-electron chi connectivity index (χ4n) is 2.15. The Morgan fingerprint density at radius 1 is 1.04 bits per heavy atom. The van der Waals surface area contributed by atoms with Crippen LogP contribution >= 0.6 is 11.6 Å². The lowest BCUT2D eigenvalue weighted by atomic mass is 10.2. The van der Waals surface area contributed by atoms with Crippen molar-refractivity contribution in [3.8, 4) is 0 Å². The third kappa shape index (κ3) is 5.85. The maximum Gasteiger partial charge on any atom is 0.282 e. The minimum atomic E-state index is -0.457. The number of hydrogen-bond donors (Lipinski definition) is 3. The molecule has 0 aliphatic heterocycles. The summed E-state index contributed by atoms with van der Waals surface area (Å²) < 4.78 is 12.9. The lowest BCUT2D eigenvalue weighted by molar-refractivity contribution is -0.885. The molecule has 0 spiro atoms. The number of hydrogen-bond acceptors (Lipinski definition) is 2. The van der Waals surface area contributed by atoms with Crippen LogP contribution in [0.1, 0.15) is 6.92 Å². The number of rotatable bonds is 6. The summed E-state index contributed by atoms with van der Waals surface area (Å²) in [6, 6.07) is 11.9. The molecule has 2 amide bonds. The van der Waals surface area contributed by atoms with Crippen LogP contribution in [0.4, 0.5) is 15.8 Å². The molecule has 0 saturated heterocycles. The monoisotopic (exact) mass is 364 g/mol. The van der Waals surface area contributed by atoms with Gasteiger partial charge in [-0.3, -0.25) is 9.59 Å². The molecule has 0 aliphatic carbocycles. The molecule has 0 saturated carbocycles. The molecule has 25 heavy (non-hydrogen) atoms. The number of halogens is 2. The molecule has 0 aliphatic rings. The van der Waals surface area contributed by atoms with Gasteiger partial charge in [-0.15, -0.1) is 0 Å². The van der Waals surface area contributed by atoms with E-state index in [9.17, 15) is 14.0 Å². The maximum atomic E-state index is 12.9. The lowest BCUT2D eigenvalue weighted by Crippen LogP contribution is -3.14. The molecule has 3 N–H and O–H groups in total. The van der Waals surface area contributed by atoms with Gasteiger partial charge in [-0.05, 0) is 55.5 Å². The molecule has 2 aromatic carbocycles. The normalized spacial score (nSPS) is 13.0. The third-order valence-corrected chi connectivity index (χ3v) is 4.06. The van der Waals surface area contributed by atoms with Gasteiger partial charge in [0.25, 0.3) is 11.8 Å². The summed E-state index contributed by atoms with van der Waals surface area (Å²) in [6.45, 7) is 1.85. The van der Waals surface area contributed by atoms with Gasteiger partial charge in [-0.25, -0.2) is 4.39 Å². The molecule has 0 heterocycles. The van der Waals surface area contributed by atoms with Crippen LogP contribution in [-0.4, -0.2) is 31.4 Å². The third-order valence-electron chi connectivity index (χ3n) is 3.81. The van der Waals surface area contributed by atoms with Gasteiger partial charge in [0.05, 0.1) is 7.05 Å². The lowest BCUT2D eigenvalue weighted by Gasteiger charge is -2.20. The Kier molecular flexibility index (Phi) is 6.50. The van der Waals surface area contributed by atoms with Crippen molar-refractivity contribution in [1.29, 1.82) is 0 Å². The Hall–Kier alpha value is -2.44. The van der Waals surface area contributed by atoms with Crippen LogP contribution in [0.5, 0.6) is 0 Å². The molecule has 2 atom stereocenters. The first kappa shape index (κ1) is 18.9. The second-order valence-corrected chi connectivity index (χ2v) is 6.23. The average Bonchev–Trinajstić information content (AvgIpc) is 2.58. The zero-order valence-corrected chi connectivity index (χ0v) is 14.7. The van der Waals surface area contributed by atoms with Gasteiger partial charge in [0, 0.05) is 16.4 Å². The Bertz CT molecular complexity index is 735. The van der Waals surface area contributed by atoms with Crippen molar-refractivity contribution in [3.05, 3.63) is 59.4 Å². The summed E-state index contributed by atoms with van der Waals surface area (Å²) in [6.07, 6.45) is 0. The first-order chi connectivity index (χ1) is 11.8. The van der Waals surface area contributed by atoms with E-state index in [0.29, 0.717) is 16.4 Å². The SMILES string of the molecule is C[C@@H](C(=O)Nc1ccc(F)cc1)[NH+](C)CC(=O)Nc1ccc(Cl)cc1. The van der Waals surface area contributed by atoms with E-state index in [4.69, 9.17) is 11.6 Å². The number of likely N-dealkylation sites (N-methyl/N-ethyl adjacent to an activating group) is 1. The molecule has 0 fully saturated rings. The van der Waals surface area contributed by atoms with Crippen LogP contribution in [0.2, 0.25) is 5.02 Å². The highest BCUT2D eigenvalue weighted by atomic mass is 35.5. The van der Waals surface area contributed by atoms with E-state index in [2.05, 4.69) is 10.6 Å². The van der Waals surface area contributed by atoms with Crippen molar-refractivity contribution in [2.45, 2.75) is 13.0 Å². The summed E-state index contributed by atoms with van der Waals surface area (Å²) >= 11 is 5.80. The van der Waals surface area contributed by atoms with Crippen LogP contribution in [0.15, 0.2) is 48.5 Å². The summed E-state index contributed by atoms with van der Waals surface area (Å²) in [5.41, 5.74) is 1.15. The maximum absolute atomic E-state index is 12.9. The molecule has 7 heteroatoms. The van der Waals surface area contributed by atoms with Crippen molar-refractivity contribution in [1.82, 2.24) is 0 Å². The summed E-state index contributed by atoms with van der Waals surface area (Å²) in [5, 5.41) is 6.05. The Balaban J connectivity index is 1.86. The fourth-order valence-corrected chi connectivity index (χ4v) is 2.28. The predicted molar refractivity (Wildman–Crippen MR) is 96.3 cm³/mol. The van der Waals surface area contributed by atoms with Crippen LogP contribution in [-0.2, 0) is 9.59 Å². The molecule has 132 valence electrons. The molecule has 2 aromatic rings. The zero-order valence-electron chi connectivity index (χ0n) is 14.0. The second kappa shape index (κ2) is 8.60. The fraction of sp³-hybridized carbons (Fsp3) is 0.222. The van der Waals surface area contributed by atoms with Gasteiger partial charge in [0.15, 0.2) is 12.6 Å². The Labute approximate surface area is 150 Å². The molecule has 2 rings (SSSR count). The van der Waals surface area contributed by atoms with Crippen molar-refractivity contribution >= 4 is 34.8 Å². The summed E-state index contributed by atoms with van der Waals surface area (Å²) in [5.74, 6) is -0.822. The summed E-state index contributed by atoms with van der Waals surface area (Å²) in [7, 11) is 1.76. The Morgan fingerprint density at radius 3 is 2.16 bits per heavy atom. The van der Waals surface area contributed by atoms with E-state index in [1.807, 2.05) is 0 Å². The minimum Gasteiger partial charge on any atom is -0.321 e. The van der Waals surface area contributed by atoms with Gasteiger partial charge in [-0.1, -0.05) is 11.6 Å². The number of anilines is 2. The van der Waals surface area contributed by atoms with E-state index < -0.39 is 6.04 Å². The van der Waals surface area contributed by atoms with Crippen LogP contribution in [0.25, 0.3) is 0 Å². The molecule has 0 aromatic heterocycles. The minimum absolute atomic E-state index is 0.126. The first-order valence-electron chi connectivity index (χ1n) is 7.79. The van der Waals surface area contributed by atoms with Crippen LogP contribution in [0, 0.1) is 5.82 Å². The van der Waals surface area contributed by atoms with E-state index in [-0.39, 0.29) is 24.2 Å². The highest BCUT2D eigenvalue weighted by molar-refractivity contribution is 6.30. The van der Waals surface area contributed by atoms with Crippen LogP contribution in [0.3, 0.4) is 0 Å². The number of nitrogens with one attached hydrogen (secondary N) is 3. The van der Waals surface area contributed by atoms with E-state index in [0.717, 1.165) is 4.90 Å². The molecule has 0 bridgehead atoms. The van der Waals surface area contributed by atoms with Crippen molar-refractivity contribution in [3.63, 3.8) is 0 Å². The smallest absolute Gasteiger partial charge is 0.282 e. The molecule has 5 nitrogen and oxygen atoms in total. The predicted octanol–water partition coefficient (Wildman–Crippen LogP) is 1.96. The highest BCUT2D eigenvalue weighted by Gasteiger charge is 2.24. The molecule has 1 unspecified atom stereocenters. The standard InChI is InChI=1S/C18H19ClFN3O2/c1-12(18(25)22-16-9-5-14(20)6-10-16)23(2)11-17(24)21-15-7-3-13(19)4-8-15/h3-10,12H,11H2,1-2H3,(H,21,24)(H,22,25)/p+1/t12-/m0/s1. The zero-order chi connectivity index (χ0) is 18.4. The number of carbonyl (C=O) groups is 2. The largest absolute Gasteiger partial charge is 0.321 e. The number of quaternary nitrogens is 1. The Morgan fingerprint density at radius 2 is 1.56 bits per heavy atom. The van der Waals surface area contributed by atoms with E-state index in [1.54, 1.807) is 38.2 Å². The molecular formula is C18H20ClFN3O2+. The number of amides is 2. The van der Waals surface area contributed by atoms with E-state index in [1.165, 1.54) is 24.3 Å². The molecule has 0 radical (unpaired) electrons. The second-order valence-electron chi connectivity index (χ2n) is 5.80. The van der Waals surface area contributed by atoms with Crippen molar-refractivity contribution in [2.24, 2.45) is 0 Å². The van der Waals surface area contributed by atoms with Crippen molar-refractivity contribution < 1.29 is 18.9 Å². The highest BCUT2D eigenvalue weighted by Crippen LogP contribution is 2.13. The average molecular weight is 365 g/mol. The van der Waals surface area contributed by atoms with E-state index >= 15 is 0 Å². The summed E-state index contributed by atoms with van der Waals surface area (Å²) in [4.78, 5) is 25.1. The molecular weight excluding hydrogens is 345 g/mol. The first-order valence-corrected chi connectivity index (χ1v) is 8.17. The van der Waals surface area contributed by atoms with Gasteiger partial charge in [-0.2, -0.15) is 0 Å². The van der Waals surface area contributed by atoms with Gasteiger partial charge in [0.1, 0.15) is 5.82 Å².